The number of furan rings is 1. The van der Waals surface area contributed by atoms with Crippen LogP contribution in [-0.4, -0.2) is 41.1 Å². The van der Waals surface area contributed by atoms with E-state index in [1.165, 1.54) is 0 Å². The van der Waals surface area contributed by atoms with Crippen LogP contribution >= 0.6 is 0 Å². The zero-order valence-corrected chi connectivity index (χ0v) is 10.6. The summed E-state index contributed by atoms with van der Waals surface area (Å²) < 4.78 is 5.16. The number of carbonyl (C=O) groups is 1. The van der Waals surface area contributed by atoms with Gasteiger partial charge in [0, 0.05) is 13.1 Å². The summed E-state index contributed by atoms with van der Waals surface area (Å²) in [5, 5.41) is 12.3. The molecular weight excluding hydrogens is 232 g/mol. The van der Waals surface area contributed by atoms with Crippen LogP contribution in [0.4, 0.5) is 0 Å². The lowest BCUT2D eigenvalue weighted by atomic mass is 10.1. The highest BCUT2D eigenvalue weighted by Gasteiger charge is 2.25. The molecule has 100 valence electrons. The molecule has 0 saturated carbocycles. The number of likely N-dealkylation sites (tertiary alicyclic amines) is 1. The number of amides is 1. The average Bonchev–Trinajstić information content (AvgIpc) is 2.89. The molecule has 0 spiro atoms. The third-order valence-electron chi connectivity index (χ3n) is 3.44. The minimum absolute atomic E-state index is 0.00258. The number of rotatable bonds is 4. The third kappa shape index (κ3) is 3.34. The number of hydrogen-bond donors (Lipinski definition) is 2. The van der Waals surface area contributed by atoms with Crippen LogP contribution in [0.25, 0.3) is 0 Å². The first-order valence-electron chi connectivity index (χ1n) is 6.39. The minimum Gasteiger partial charge on any atom is -0.467 e. The highest BCUT2D eigenvalue weighted by Crippen LogP contribution is 2.13. The zero-order chi connectivity index (χ0) is 13.0. The molecule has 1 saturated heterocycles. The second-order valence-corrected chi connectivity index (χ2v) is 4.74. The summed E-state index contributed by atoms with van der Waals surface area (Å²) >= 11 is 0. The molecule has 1 aromatic rings. The molecule has 1 amide bonds. The van der Waals surface area contributed by atoms with E-state index in [4.69, 9.17) is 4.42 Å². The number of hydrogen-bond acceptors (Lipinski definition) is 4. The van der Waals surface area contributed by atoms with Crippen LogP contribution in [0.15, 0.2) is 22.8 Å². The topological polar surface area (TPSA) is 65.7 Å². The molecule has 18 heavy (non-hydrogen) atoms. The first kappa shape index (κ1) is 13.1. The van der Waals surface area contributed by atoms with Crippen molar-refractivity contribution in [3.8, 4) is 0 Å². The Kier molecular flexibility index (Phi) is 4.38. The quantitative estimate of drug-likeness (QED) is 0.829. The number of aliphatic hydroxyl groups is 1. The van der Waals surface area contributed by atoms with E-state index in [0.29, 0.717) is 6.54 Å². The molecule has 1 fully saturated rings. The summed E-state index contributed by atoms with van der Waals surface area (Å²) in [6.07, 6.45) is 2.88. The number of piperidine rings is 1. The molecule has 2 rings (SSSR count). The van der Waals surface area contributed by atoms with Crippen molar-refractivity contribution < 1.29 is 14.3 Å². The SMILES string of the molecule is CC(C(=O)NCc1ccco1)N1CCC(O)CC1. The van der Waals surface area contributed by atoms with E-state index in [1.54, 1.807) is 12.3 Å². The van der Waals surface area contributed by atoms with Gasteiger partial charge in [-0.05, 0) is 31.9 Å². The maximum absolute atomic E-state index is 12.0. The van der Waals surface area contributed by atoms with Crippen LogP contribution in [0.1, 0.15) is 25.5 Å². The molecule has 1 aliphatic heterocycles. The fraction of sp³-hybridized carbons (Fsp3) is 0.615. The van der Waals surface area contributed by atoms with E-state index in [9.17, 15) is 9.90 Å². The van der Waals surface area contributed by atoms with Gasteiger partial charge in [-0.1, -0.05) is 0 Å². The van der Waals surface area contributed by atoms with E-state index in [2.05, 4.69) is 10.2 Å². The van der Waals surface area contributed by atoms with Gasteiger partial charge < -0.3 is 14.8 Å². The Morgan fingerprint density at radius 3 is 2.94 bits per heavy atom. The molecule has 0 radical (unpaired) electrons. The Hall–Kier alpha value is -1.33. The Morgan fingerprint density at radius 1 is 1.61 bits per heavy atom. The van der Waals surface area contributed by atoms with Crippen molar-refractivity contribution in [2.45, 2.75) is 38.5 Å². The Morgan fingerprint density at radius 2 is 2.33 bits per heavy atom. The smallest absolute Gasteiger partial charge is 0.237 e. The molecule has 1 unspecified atom stereocenters. The van der Waals surface area contributed by atoms with Crippen molar-refractivity contribution >= 4 is 5.91 Å². The minimum atomic E-state index is -0.209. The maximum Gasteiger partial charge on any atom is 0.237 e. The molecule has 0 aromatic carbocycles. The predicted molar refractivity (Wildman–Crippen MR) is 66.8 cm³/mol. The van der Waals surface area contributed by atoms with Crippen LogP contribution < -0.4 is 5.32 Å². The van der Waals surface area contributed by atoms with Crippen LogP contribution in [0.5, 0.6) is 0 Å². The van der Waals surface area contributed by atoms with Gasteiger partial charge in [0.05, 0.1) is 25.0 Å². The highest BCUT2D eigenvalue weighted by molar-refractivity contribution is 5.81. The van der Waals surface area contributed by atoms with Gasteiger partial charge in [0.25, 0.3) is 0 Å². The van der Waals surface area contributed by atoms with Crippen molar-refractivity contribution in [1.29, 1.82) is 0 Å². The summed E-state index contributed by atoms with van der Waals surface area (Å²) in [4.78, 5) is 14.1. The van der Waals surface area contributed by atoms with Gasteiger partial charge in [-0.2, -0.15) is 0 Å². The fourth-order valence-corrected chi connectivity index (χ4v) is 2.17. The number of carbonyl (C=O) groups excluding carboxylic acids is 1. The van der Waals surface area contributed by atoms with Crippen molar-refractivity contribution in [3.63, 3.8) is 0 Å². The molecule has 5 heteroatoms. The molecule has 5 nitrogen and oxygen atoms in total. The Labute approximate surface area is 107 Å². The van der Waals surface area contributed by atoms with Gasteiger partial charge in [-0.25, -0.2) is 0 Å². The number of nitrogens with zero attached hydrogens (tertiary/aromatic N) is 1. The van der Waals surface area contributed by atoms with Crippen LogP contribution in [0.3, 0.4) is 0 Å². The molecule has 2 N–H and O–H groups in total. The van der Waals surface area contributed by atoms with Gasteiger partial charge in [-0.15, -0.1) is 0 Å². The van der Waals surface area contributed by atoms with Gasteiger partial charge in [0.2, 0.25) is 5.91 Å². The molecule has 1 atom stereocenters. The predicted octanol–water partition coefficient (Wildman–Crippen LogP) is 0.741. The van der Waals surface area contributed by atoms with Crippen LogP contribution in [0.2, 0.25) is 0 Å². The summed E-state index contributed by atoms with van der Waals surface area (Å²) in [7, 11) is 0. The summed E-state index contributed by atoms with van der Waals surface area (Å²) in [5.74, 6) is 0.757. The van der Waals surface area contributed by atoms with E-state index in [1.807, 2.05) is 13.0 Å². The largest absolute Gasteiger partial charge is 0.467 e. The third-order valence-corrected chi connectivity index (χ3v) is 3.44. The number of aliphatic hydroxyl groups excluding tert-OH is 1. The molecular formula is C13H20N2O3. The highest BCUT2D eigenvalue weighted by atomic mass is 16.3. The van der Waals surface area contributed by atoms with E-state index >= 15 is 0 Å². The normalized spacial score (nSPS) is 19.7. The van der Waals surface area contributed by atoms with E-state index < -0.39 is 0 Å². The summed E-state index contributed by atoms with van der Waals surface area (Å²) in [6.45, 7) is 3.87. The number of nitrogens with one attached hydrogen (secondary N) is 1. The summed E-state index contributed by atoms with van der Waals surface area (Å²) in [5.41, 5.74) is 0. The maximum atomic E-state index is 12.0. The lowest BCUT2D eigenvalue weighted by Crippen LogP contribution is -2.48. The lowest BCUT2D eigenvalue weighted by molar-refractivity contribution is -0.127. The van der Waals surface area contributed by atoms with E-state index in [-0.39, 0.29) is 18.1 Å². The lowest BCUT2D eigenvalue weighted by Gasteiger charge is -2.33. The monoisotopic (exact) mass is 252 g/mol. The molecule has 2 heterocycles. The molecule has 0 aliphatic carbocycles. The van der Waals surface area contributed by atoms with Crippen molar-refractivity contribution in [1.82, 2.24) is 10.2 Å². The second-order valence-electron chi connectivity index (χ2n) is 4.74. The molecule has 1 aliphatic rings. The van der Waals surface area contributed by atoms with E-state index in [0.717, 1.165) is 31.7 Å². The fourth-order valence-electron chi connectivity index (χ4n) is 2.17. The van der Waals surface area contributed by atoms with Crippen LogP contribution in [0, 0.1) is 0 Å². The van der Waals surface area contributed by atoms with Crippen molar-refractivity contribution in [2.75, 3.05) is 13.1 Å². The molecule has 0 bridgehead atoms. The van der Waals surface area contributed by atoms with Gasteiger partial charge in [0.15, 0.2) is 0 Å². The van der Waals surface area contributed by atoms with Gasteiger partial charge in [0.1, 0.15) is 5.76 Å². The van der Waals surface area contributed by atoms with Crippen molar-refractivity contribution in [3.05, 3.63) is 24.2 Å². The Balaban J connectivity index is 1.77. The van der Waals surface area contributed by atoms with Gasteiger partial charge >= 0.3 is 0 Å². The van der Waals surface area contributed by atoms with Crippen LogP contribution in [-0.2, 0) is 11.3 Å². The van der Waals surface area contributed by atoms with Gasteiger partial charge in [-0.3, -0.25) is 9.69 Å². The molecule has 1 aromatic heterocycles. The van der Waals surface area contributed by atoms with Crippen molar-refractivity contribution in [2.24, 2.45) is 0 Å². The second kappa shape index (κ2) is 6.02. The standard InChI is InChI=1S/C13H20N2O3/c1-10(15-6-4-11(16)5-7-15)13(17)14-9-12-3-2-8-18-12/h2-3,8,10-11,16H,4-7,9H2,1H3,(H,14,17). The first-order chi connectivity index (χ1) is 8.66. The first-order valence-corrected chi connectivity index (χ1v) is 6.39. The Bertz CT molecular complexity index is 370. The average molecular weight is 252 g/mol. The summed E-state index contributed by atoms with van der Waals surface area (Å²) in [6, 6.07) is 3.48. The zero-order valence-electron chi connectivity index (χ0n) is 10.6.